The second-order valence-electron chi connectivity index (χ2n) is 3.91. The molecule has 0 amide bonds. The minimum atomic E-state index is -3.65. The number of hydrogen-bond acceptors (Lipinski definition) is 3. The molecule has 3 nitrogen and oxygen atoms in total. The number of halogens is 2. The van der Waals surface area contributed by atoms with Crippen LogP contribution in [0.2, 0.25) is 0 Å². The van der Waals surface area contributed by atoms with Crippen LogP contribution in [-0.4, -0.2) is 14.7 Å². The van der Waals surface area contributed by atoms with Crippen molar-refractivity contribution in [2.24, 2.45) is 0 Å². The summed E-state index contributed by atoms with van der Waals surface area (Å²) in [6.45, 7) is 0. The normalized spacial score (nSPS) is 18.4. The molecule has 1 fully saturated rings. The van der Waals surface area contributed by atoms with Gasteiger partial charge in [-0.1, -0.05) is 6.07 Å². The third-order valence-electron chi connectivity index (χ3n) is 2.44. The highest BCUT2D eigenvalue weighted by atomic mass is 32.2. The van der Waals surface area contributed by atoms with Gasteiger partial charge in [-0.15, -0.1) is 0 Å². The molecule has 0 heterocycles. The maximum absolute atomic E-state index is 13.4. The highest BCUT2D eigenvalue weighted by Gasteiger charge is 2.50. The van der Waals surface area contributed by atoms with E-state index in [-0.39, 0.29) is 5.56 Å². The molecule has 2 rings (SSSR count). The summed E-state index contributed by atoms with van der Waals surface area (Å²) in [6, 6.07) is 3.04. The molecule has 0 atom stereocenters. The topological polar surface area (TPSA) is 43.4 Å². The maximum Gasteiger partial charge on any atom is 0.265 e. The molecule has 0 N–H and O–H groups in total. The number of benzene rings is 1. The smallest absolute Gasteiger partial charge is 0.259 e. The van der Waals surface area contributed by atoms with E-state index >= 15 is 0 Å². The van der Waals surface area contributed by atoms with Crippen molar-refractivity contribution in [2.75, 3.05) is 6.26 Å². The molecule has 0 aromatic heterocycles. The second kappa shape index (κ2) is 3.49. The van der Waals surface area contributed by atoms with Crippen molar-refractivity contribution in [1.29, 1.82) is 0 Å². The van der Waals surface area contributed by atoms with Crippen LogP contribution in [0.25, 0.3) is 0 Å². The van der Waals surface area contributed by atoms with Gasteiger partial charge in [-0.25, -0.2) is 8.78 Å². The van der Waals surface area contributed by atoms with Gasteiger partial charge in [0.15, 0.2) is 0 Å². The standard InChI is InChI=1S/C10H10F2O3S/c1-16(13,14)15-10(4-5-10)8-3-2-7(11)6-9(8)12/h2-3,6H,4-5H2,1H3. The van der Waals surface area contributed by atoms with Crippen molar-refractivity contribution >= 4 is 10.1 Å². The lowest BCUT2D eigenvalue weighted by Crippen LogP contribution is -2.18. The van der Waals surface area contributed by atoms with E-state index < -0.39 is 27.4 Å². The maximum atomic E-state index is 13.4. The Bertz CT molecular complexity index is 521. The third-order valence-corrected chi connectivity index (χ3v) is 3.06. The molecular weight excluding hydrogens is 238 g/mol. The Hall–Kier alpha value is -1.01. The van der Waals surface area contributed by atoms with Crippen LogP contribution in [0, 0.1) is 11.6 Å². The minimum Gasteiger partial charge on any atom is -0.259 e. The summed E-state index contributed by atoms with van der Waals surface area (Å²) >= 11 is 0. The molecular formula is C10H10F2O3S. The highest BCUT2D eigenvalue weighted by molar-refractivity contribution is 7.86. The summed E-state index contributed by atoms with van der Waals surface area (Å²) in [5, 5.41) is 0. The van der Waals surface area contributed by atoms with Gasteiger partial charge in [0.05, 0.1) is 6.26 Å². The molecule has 1 aromatic carbocycles. The first kappa shape index (κ1) is 11.5. The van der Waals surface area contributed by atoms with Crippen LogP contribution in [0.1, 0.15) is 18.4 Å². The van der Waals surface area contributed by atoms with Crippen molar-refractivity contribution in [3.8, 4) is 0 Å². The summed E-state index contributed by atoms with van der Waals surface area (Å²) in [7, 11) is -3.65. The van der Waals surface area contributed by atoms with E-state index in [9.17, 15) is 17.2 Å². The van der Waals surface area contributed by atoms with Crippen LogP contribution in [0.4, 0.5) is 8.78 Å². The average Bonchev–Trinajstić information content (AvgIpc) is 2.81. The lowest BCUT2D eigenvalue weighted by atomic mass is 10.1. The molecule has 0 unspecified atom stereocenters. The average molecular weight is 248 g/mol. The van der Waals surface area contributed by atoms with E-state index in [1.54, 1.807) is 0 Å². The summed E-state index contributed by atoms with van der Waals surface area (Å²) < 4.78 is 53.0. The Balaban J connectivity index is 2.37. The highest BCUT2D eigenvalue weighted by Crippen LogP contribution is 2.50. The van der Waals surface area contributed by atoms with E-state index in [0.717, 1.165) is 18.4 Å². The Kier molecular flexibility index (Phi) is 2.51. The largest absolute Gasteiger partial charge is 0.265 e. The summed E-state index contributed by atoms with van der Waals surface area (Å²) in [6.07, 6.45) is 1.75. The summed E-state index contributed by atoms with van der Waals surface area (Å²) in [5.74, 6) is -1.47. The fourth-order valence-electron chi connectivity index (χ4n) is 1.66. The van der Waals surface area contributed by atoms with Crippen molar-refractivity contribution < 1.29 is 21.4 Å². The number of hydrogen-bond donors (Lipinski definition) is 0. The van der Waals surface area contributed by atoms with Crippen molar-refractivity contribution in [3.63, 3.8) is 0 Å². The zero-order valence-corrected chi connectivity index (χ0v) is 9.35. The van der Waals surface area contributed by atoms with Crippen LogP contribution in [-0.2, 0) is 19.9 Å². The predicted octanol–water partition coefficient (Wildman–Crippen LogP) is 1.93. The Labute approximate surface area is 92.2 Å². The van der Waals surface area contributed by atoms with Gasteiger partial charge in [0.2, 0.25) is 0 Å². The molecule has 1 aromatic rings. The summed E-state index contributed by atoms with van der Waals surface area (Å²) in [5.41, 5.74) is -1.02. The molecule has 1 aliphatic rings. The minimum absolute atomic E-state index is 0.0966. The van der Waals surface area contributed by atoms with E-state index in [4.69, 9.17) is 4.18 Å². The van der Waals surface area contributed by atoms with Crippen molar-refractivity contribution in [2.45, 2.75) is 18.4 Å². The first-order chi connectivity index (χ1) is 7.32. The van der Waals surface area contributed by atoms with E-state index in [1.807, 2.05) is 0 Å². The Morgan fingerprint density at radius 2 is 1.94 bits per heavy atom. The van der Waals surface area contributed by atoms with E-state index in [1.165, 1.54) is 6.07 Å². The fourth-order valence-corrected chi connectivity index (χ4v) is 2.50. The van der Waals surface area contributed by atoms with E-state index in [2.05, 4.69) is 0 Å². The first-order valence-electron chi connectivity index (χ1n) is 4.69. The van der Waals surface area contributed by atoms with Crippen molar-refractivity contribution in [3.05, 3.63) is 35.4 Å². The molecule has 88 valence electrons. The molecule has 6 heteroatoms. The van der Waals surface area contributed by atoms with Gasteiger partial charge in [-0.2, -0.15) is 8.42 Å². The van der Waals surface area contributed by atoms with Gasteiger partial charge in [0, 0.05) is 11.6 Å². The molecule has 0 spiro atoms. The van der Waals surface area contributed by atoms with Gasteiger partial charge in [-0.3, -0.25) is 4.18 Å². The lowest BCUT2D eigenvalue weighted by molar-refractivity contribution is 0.186. The van der Waals surface area contributed by atoms with Crippen molar-refractivity contribution in [1.82, 2.24) is 0 Å². The van der Waals surface area contributed by atoms with Gasteiger partial charge in [0.1, 0.15) is 17.2 Å². The van der Waals surface area contributed by atoms with Crippen LogP contribution < -0.4 is 0 Å². The monoisotopic (exact) mass is 248 g/mol. The molecule has 0 bridgehead atoms. The Morgan fingerprint density at radius 1 is 1.31 bits per heavy atom. The molecule has 1 aliphatic carbocycles. The quantitative estimate of drug-likeness (QED) is 0.768. The van der Waals surface area contributed by atoms with Gasteiger partial charge in [0.25, 0.3) is 10.1 Å². The van der Waals surface area contributed by atoms with Gasteiger partial charge >= 0.3 is 0 Å². The van der Waals surface area contributed by atoms with Crippen LogP contribution >= 0.6 is 0 Å². The van der Waals surface area contributed by atoms with Gasteiger partial charge in [-0.05, 0) is 18.9 Å². The second-order valence-corrected chi connectivity index (χ2v) is 5.48. The first-order valence-corrected chi connectivity index (χ1v) is 6.50. The van der Waals surface area contributed by atoms with Crippen LogP contribution in [0.3, 0.4) is 0 Å². The Morgan fingerprint density at radius 3 is 2.38 bits per heavy atom. The zero-order chi connectivity index (χ0) is 12.0. The predicted molar refractivity (Wildman–Crippen MR) is 53.2 cm³/mol. The summed E-state index contributed by atoms with van der Waals surface area (Å²) in [4.78, 5) is 0. The fraction of sp³-hybridized carbons (Fsp3) is 0.400. The van der Waals surface area contributed by atoms with Gasteiger partial charge < -0.3 is 0 Å². The lowest BCUT2D eigenvalue weighted by Gasteiger charge is -2.15. The third kappa shape index (κ3) is 2.22. The SMILES string of the molecule is CS(=O)(=O)OC1(c2ccc(F)cc2F)CC1. The molecule has 0 saturated heterocycles. The molecule has 0 aliphatic heterocycles. The van der Waals surface area contributed by atoms with Crippen LogP contribution in [0.5, 0.6) is 0 Å². The number of rotatable bonds is 3. The molecule has 16 heavy (non-hydrogen) atoms. The molecule has 1 saturated carbocycles. The molecule has 0 radical (unpaired) electrons. The zero-order valence-electron chi connectivity index (χ0n) is 8.54. The van der Waals surface area contributed by atoms with Crippen LogP contribution in [0.15, 0.2) is 18.2 Å². The van der Waals surface area contributed by atoms with E-state index in [0.29, 0.717) is 12.8 Å².